The molecule has 1 aromatic rings. The van der Waals surface area contributed by atoms with Crippen molar-refractivity contribution in [3.8, 4) is 0 Å². The van der Waals surface area contributed by atoms with E-state index in [0.717, 1.165) is 25.6 Å². The first-order valence-corrected chi connectivity index (χ1v) is 7.04. The van der Waals surface area contributed by atoms with Gasteiger partial charge in [-0.25, -0.2) is 0 Å². The Morgan fingerprint density at radius 2 is 1.94 bits per heavy atom. The Bertz CT molecular complexity index is 339. The molecule has 1 aromatic carbocycles. The van der Waals surface area contributed by atoms with Gasteiger partial charge in [0.15, 0.2) is 0 Å². The molecule has 0 aliphatic heterocycles. The van der Waals surface area contributed by atoms with E-state index < -0.39 is 0 Å². The molecule has 0 saturated carbocycles. The van der Waals surface area contributed by atoms with Gasteiger partial charge in [0.05, 0.1) is 0 Å². The number of rotatable bonds is 8. The van der Waals surface area contributed by atoms with Crippen molar-refractivity contribution in [2.45, 2.75) is 40.2 Å². The lowest BCUT2D eigenvalue weighted by Gasteiger charge is -2.24. The van der Waals surface area contributed by atoms with Gasteiger partial charge in [-0.1, -0.05) is 56.2 Å². The van der Waals surface area contributed by atoms with E-state index in [-0.39, 0.29) is 0 Å². The quantitative estimate of drug-likeness (QED) is 0.613. The van der Waals surface area contributed by atoms with Crippen molar-refractivity contribution < 1.29 is 0 Å². The maximum atomic E-state index is 3.87. The number of aryl methyl sites for hydroxylation is 1. The van der Waals surface area contributed by atoms with E-state index in [1.54, 1.807) is 0 Å². The summed E-state index contributed by atoms with van der Waals surface area (Å²) in [5.41, 5.74) is 2.72. The van der Waals surface area contributed by atoms with Crippen LogP contribution in [0.2, 0.25) is 0 Å². The Morgan fingerprint density at radius 1 is 1.28 bits per heavy atom. The number of hydrogen-bond acceptors (Lipinski definition) is 1. The maximum absolute atomic E-state index is 3.87. The van der Waals surface area contributed by atoms with Crippen LogP contribution >= 0.6 is 0 Å². The number of benzene rings is 1. The van der Waals surface area contributed by atoms with Crippen molar-refractivity contribution >= 4 is 0 Å². The number of hydrogen-bond donors (Lipinski definition) is 0. The van der Waals surface area contributed by atoms with E-state index in [9.17, 15) is 0 Å². The highest BCUT2D eigenvalue weighted by Crippen LogP contribution is 2.12. The molecule has 18 heavy (non-hydrogen) atoms. The normalized spacial score (nSPS) is 12.7. The lowest BCUT2D eigenvalue weighted by molar-refractivity contribution is 0.246. The van der Waals surface area contributed by atoms with Gasteiger partial charge < -0.3 is 0 Å². The Hall–Kier alpha value is -1.08. The predicted octanol–water partition coefficient (Wildman–Crippen LogP) is 4.42. The monoisotopic (exact) mass is 245 g/mol. The fourth-order valence-electron chi connectivity index (χ4n) is 2.36. The van der Waals surface area contributed by atoms with Gasteiger partial charge in [-0.3, -0.25) is 4.90 Å². The number of nitrogens with zero attached hydrogens (tertiary/aromatic N) is 1. The van der Waals surface area contributed by atoms with Crippen molar-refractivity contribution in [2.24, 2.45) is 5.92 Å². The minimum Gasteiger partial charge on any atom is -0.295 e. The third-order valence-electron chi connectivity index (χ3n) is 3.27. The molecule has 0 aliphatic rings. The van der Waals surface area contributed by atoms with Gasteiger partial charge in [0, 0.05) is 19.6 Å². The highest BCUT2D eigenvalue weighted by molar-refractivity contribution is 5.21. The highest BCUT2D eigenvalue weighted by Gasteiger charge is 2.09. The molecule has 1 atom stereocenters. The summed E-state index contributed by atoms with van der Waals surface area (Å²) in [5, 5.41) is 0. The van der Waals surface area contributed by atoms with Crippen molar-refractivity contribution in [2.75, 3.05) is 13.1 Å². The second kappa shape index (κ2) is 8.10. The average Bonchev–Trinajstić information content (AvgIpc) is 2.32. The smallest absolute Gasteiger partial charge is 0.0237 e. The Labute approximate surface area is 113 Å². The lowest BCUT2D eigenvalue weighted by atomic mass is 10.0. The van der Waals surface area contributed by atoms with E-state index in [0.29, 0.717) is 0 Å². The van der Waals surface area contributed by atoms with E-state index in [1.165, 1.54) is 24.0 Å². The minimum absolute atomic E-state index is 0.764. The van der Waals surface area contributed by atoms with Gasteiger partial charge in [-0.15, -0.1) is 6.58 Å². The standard InChI is InChI=1S/C17H27N/c1-5-7-16(4)13-18(12-6-2)14-17-10-8-15(3)9-11-17/h6,8-11,16H,2,5,7,12-14H2,1,3-4H3. The first kappa shape index (κ1) is 15.0. The molecule has 0 aliphatic carbocycles. The van der Waals surface area contributed by atoms with Crippen LogP contribution in [0, 0.1) is 12.8 Å². The van der Waals surface area contributed by atoms with E-state index in [4.69, 9.17) is 0 Å². The summed E-state index contributed by atoms with van der Waals surface area (Å²) >= 11 is 0. The Balaban J connectivity index is 2.56. The molecule has 0 saturated heterocycles. The molecule has 0 aromatic heterocycles. The third-order valence-corrected chi connectivity index (χ3v) is 3.27. The second-order valence-electron chi connectivity index (χ2n) is 5.36. The molecule has 1 unspecified atom stereocenters. The fourth-order valence-corrected chi connectivity index (χ4v) is 2.36. The summed E-state index contributed by atoms with van der Waals surface area (Å²) in [5.74, 6) is 0.764. The summed E-state index contributed by atoms with van der Waals surface area (Å²) in [7, 11) is 0. The van der Waals surface area contributed by atoms with E-state index >= 15 is 0 Å². The first-order valence-electron chi connectivity index (χ1n) is 7.04. The molecule has 0 radical (unpaired) electrons. The lowest BCUT2D eigenvalue weighted by Crippen LogP contribution is -2.28. The van der Waals surface area contributed by atoms with Crippen molar-refractivity contribution in [1.29, 1.82) is 0 Å². The highest BCUT2D eigenvalue weighted by atomic mass is 15.1. The van der Waals surface area contributed by atoms with Gasteiger partial charge in [0.25, 0.3) is 0 Å². The molecule has 0 bridgehead atoms. The first-order chi connectivity index (χ1) is 8.65. The zero-order chi connectivity index (χ0) is 13.4. The zero-order valence-corrected chi connectivity index (χ0v) is 12.2. The van der Waals surface area contributed by atoms with Crippen LogP contribution in [0.4, 0.5) is 0 Å². The molecule has 0 N–H and O–H groups in total. The van der Waals surface area contributed by atoms with Crippen LogP contribution in [-0.2, 0) is 6.54 Å². The summed E-state index contributed by atoms with van der Waals surface area (Å²) in [6.45, 7) is 13.8. The molecule has 1 rings (SSSR count). The Kier molecular flexibility index (Phi) is 6.74. The van der Waals surface area contributed by atoms with Crippen molar-refractivity contribution in [3.05, 3.63) is 48.0 Å². The summed E-state index contributed by atoms with van der Waals surface area (Å²) < 4.78 is 0. The molecule has 0 amide bonds. The zero-order valence-electron chi connectivity index (χ0n) is 12.2. The van der Waals surface area contributed by atoms with Gasteiger partial charge >= 0.3 is 0 Å². The molecule has 100 valence electrons. The van der Waals surface area contributed by atoms with Crippen LogP contribution in [0.5, 0.6) is 0 Å². The summed E-state index contributed by atoms with van der Waals surface area (Å²) in [6, 6.07) is 8.85. The molecule has 0 fully saturated rings. The van der Waals surface area contributed by atoms with E-state index in [1.807, 2.05) is 6.08 Å². The maximum Gasteiger partial charge on any atom is 0.0237 e. The molecular formula is C17H27N. The largest absolute Gasteiger partial charge is 0.295 e. The van der Waals surface area contributed by atoms with Crippen molar-refractivity contribution in [1.82, 2.24) is 4.90 Å². The van der Waals surface area contributed by atoms with Crippen LogP contribution in [0.25, 0.3) is 0 Å². The molecule has 1 heteroatoms. The molecule has 0 spiro atoms. The molecule has 1 nitrogen and oxygen atoms in total. The Morgan fingerprint density at radius 3 is 2.50 bits per heavy atom. The van der Waals surface area contributed by atoms with Gasteiger partial charge in [0.1, 0.15) is 0 Å². The summed E-state index contributed by atoms with van der Waals surface area (Å²) in [6.07, 6.45) is 4.59. The third kappa shape index (κ3) is 5.50. The van der Waals surface area contributed by atoms with Crippen LogP contribution in [0.3, 0.4) is 0 Å². The van der Waals surface area contributed by atoms with Crippen LogP contribution in [0.1, 0.15) is 37.8 Å². The van der Waals surface area contributed by atoms with Crippen LogP contribution in [-0.4, -0.2) is 18.0 Å². The van der Waals surface area contributed by atoms with Gasteiger partial charge in [0.2, 0.25) is 0 Å². The molecular weight excluding hydrogens is 218 g/mol. The second-order valence-corrected chi connectivity index (χ2v) is 5.36. The minimum atomic E-state index is 0.764. The SMILES string of the molecule is C=CCN(Cc1ccc(C)cc1)CC(C)CCC. The van der Waals surface area contributed by atoms with Crippen LogP contribution < -0.4 is 0 Å². The average molecular weight is 245 g/mol. The van der Waals surface area contributed by atoms with Crippen LogP contribution in [0.15, 0.2) is 36.9 Å². The fraction of sp³-hybridized carbons (Fsp3) is 0.529. The topological polar surface area (TPSA) is 3.24 Å². The van der Waals surface area contributed by atoms with Gasteiger partial charge in [-0.05, 0) is 24.8 Å². The predicted molar refractivity (Wildman–Crippen MR) is 80.7 cm³/mol. The molecule has 0 heterocycles. The summed E-state index contributed by atoms with van der Waals surface area (Å²) in [4.78, 5) is 2.48. The van der Waals surface area contributed by atoms with E-state index in [2.05, 4.69) is 56.5 Å². The van der Waals surface area contributed by atoms with Gasteiger partial charge in [-0.2, -0.15) is 0 Å². The van der Waals surface area contributed by atoms with Crippen molar-refractivity contribution in [3.63, 3.8) is 0 Å².